The number of rotatable bonds is 4. The van der Waals surface area contributed by atoms with Gasteiger partial charge in [0.2, 0.25) is 0 Å². The molecule has 0 radical (unpaired) electrons. The molecule has 0 saturated heterocycles. The Morgan fingerprint density at radius 2 is 2.32 bits per heavy atom. The molecule has 5 heteroatoms. The number of fused-ring (bicyclic) bond motifs is 1. The second-order valence-corrected chi connectivity index (χ2v) is 5.44. The number of nitrogens with zero attached hydrogens (tertiary/aromatic N) is 2. The third kappa shape index (κ3) is 3.11. The zero-order valence-electron chi connectivity index (χ0n) is 10.3. The predicted octanol–water partition coefficient (Wildman–Crippen LogP) is 2.33. The summed E-state index contributed by atoms with van der Waals surface area (Å²) in [7, 11) is 0. The Kier molecular flexibility index (Phi) is 3.75. The van der Waals surface area contributed by atoms with Gasteiger partial charge in [-0.1, -0.05) is 15.9 Å². The second-order valence-electron chi connectivity index (χ2n) is 4.53. The molecule has 1 aromatic carbocycles. The first kappa shape index (κ1) is 12.6. The number of nitrogens with one attached hydrogen (secondary N) is 1. The number of aromatic nitrogens is 2. The Morgan fingerprint density at radius 1 is 1.37 bits per heavy atom. The van der Waals surface area contributed by atoms with E-state index in [1.165, 1.54) is 5.56 Å². The van der Waals surface area contributed by atoms with E-state index in [1.54, 1.807) is 12.5 Å². The van der Waals surface area contributed by atoms with Gasteiger partial charge in [-0.25, -0.2) is 9.97 Å². The predicted molar refractivity (Wildman–Crippen MR) is 76.0 cm³/mol. The summed E-state index contributed by atoms with van der Waals surface area (Å²) in [5.41, 5.74) is 2.26. The summed E-state index contributed by atoms with van der Waals surface area (Å²) >= 11 is 3.48. The fourth-order valence-electron chi connectivity index (χ4n) is 2.19. The van der Waals surface area contributed by atoms with Crippen LogP contribution in [0.2, 0.25) is 0 Å². The van der Waals surface area contributed by atoms with Crippen LogP contribution in [0.4, 0.5) is 0 Å². The standard InChI is InChI=1S/C14H14BrN3O/c15-11-1-2-14-10(5-11)6-13(19-14)8-17-7-12-3-4-16-9-18-12/h1-5,9,13,17H,6-8H2. The van der Waals surface area contributed by atoms with E-state index in [4.69, 9.17) is 4.74 Å². The van der Waals surface area contributed by atoms with Crippen molar-refractivity contribution in [3.05, 3.63) is 52.5 Å². The fourth-order valence-corrected chi connectivity index (χ4v) is 2.60. The normalized spacial score (nSPS) is 17.0. The Bertz CT molecular complexity index is 562. The SMILES string of the molecule is Brc1ccc2c(c1)CC(CNCc1ccncn1)O2. The van der Waals surface area contributed by atoms with E-state index in [1.807, 2.05) is 18.2 Å². The molecule has 98 valence electrons. The van der Waals surface area contributed by atoms with E-state index < -0.39 is 0 Å². The van der Waals surface area contributed by atoms with E-state index in [0.717, 1.165) is 35.4 Å². The van der Waals surface area contributed by atoms with Crippen LogP contribution in [0.15, 0.2) is 41.3 Å². The van der Waals surface area contributed by atoms with E-state index in [9.17, 15) is 0 Å². The Labute approximate surface area is 120 Å². The van der Waals surface area contributed by atoms with Crippen LogP contribution in [0.1, 0.15) is 11.3 Å². The van der Waals surface area contributed by atoms with Crippen LogP contribution in [-0.2, 0) is 13.0 Å². The molecule has 1 unspecified atom stereocenters. The van der Waals surface area contributed by atoms with Crippen molar-refractivity contribution in [2.45, 2.75) is 19.1 Å². The first-order valence-corrected chi connectivity index (χ1v) is 7.01. The molecule has 1 aliphatic rings. The molecule has 0 fully saturated rings. The number of ether oxygens (including phenoxy) is 1. The lowest BCUT2D eigenvalue weighted by atomic mass is 10.1. The van der Waals surface area contributed by atoms with Crippen molar-refractivity contribution >= 4 is 15.9 Å². The van der Waals surface area contributed by atoms with Crippen molar-refractivity contribution < 1.29 is 4.74 Å². The van der Waals surface area contributed by atoms with Crippen LogP contribution in [0, 0.1) is 0 Å². The van der Waals surface area contributed by atoms with E-state index in [-0.39, 0.29) is 6.10 Å². The molecule has 1 atom stereocenters. The average molecular weight is 320 g/mol. The molecule has 0 amide bonds. The molecule has 0 bridgehead atoms. The summed E-state index contributed by atoms with van der Waals surface area (Å²) in [5.74, 6) is 0.997. The summed E-state index contributed by atoms with van der Waals surface area (Å²) in [5, 5.41) is 3.37. The van der Waals surface area contributed by atoms with Crippen LogP contribution in [0.3, 0.4) is 0 Å². The lowest BCUT2D eigenvalue weighted by Gasteiger charge is -2.11. The summed E-state index contributed by atoms with van der Waals surface area (Å²) in [6, 6.07) is 8.06. The fraction of sp³-hybridized carbons (Fsp3) is 0.286. The van der Waals surface area contributed by atoms with Gasteiger partial charge in [0, 0.05) is 30.2 Å². The van der Waals surface area contributed by atoms with Crippen molar-refractivity contribution in [2.75, 3.05) is 6.54 Å². The molecule has 3 rings (SSSR count). The summed E-state index contributed by atoms with van der Waals surface area (Å²) in [4.78, 5) is 8.07. The van der Waals surface area contributed by atoms with Crippen molar-refractivity contribution in [1.29, 1.82) is 0 Å². The molecule has 4 nitrogen and oxygen atoms in total. The minimum Gasteiger partial charge on any atom is -0.488 e. The van der Waals surface area contributed by atoms with Gasteiger partial charge in [0.25, 0.3) is 0 Å². The van der Waals surface area contributed by atoms with Gasteiger partial charge >= 0.3 is 0 Å². The largest absolute Gasteiger partial charge is 0.488 e. The van der Waals surface area contributed by atoms with Gasteiger partial charge in [-0.3, -0.25) is 0 Å². The van der Waals surface area contributed by atoms with Crippen molar-refractivity contribution in [3.8, 4) is 5.75 Å². The molecule has 2 aromatic rings. The maximum absolute atomic E-state index is 5.88. The highest BCUT2D eigenvalue weighted by Gasteiger charge is 2.22. The molecule has 1 aromatic heterocycles. The Hall–Kier alpha value is -1.46. The summed E-state index contributed by atoms with van der Waals surface area (Å²) in [6.07, 6.45) is 4.47. The van der Waals surface area contributed by atoms with Crippen molar-refractivity contribution in [2.24, 2.45) is 0 Å². The quantitative estimate of drug-likeness (QED) is 0.939. The van der Waals surface area contributed by atoms with Gasteiger partial charge in [0.05, 0.1) is 5.69 Å². The molecular weight excluding hydrogens is 306 g/mol. The second kappa shape index (κ2) is 5.67. The molecule has 2 heterocycles. The zero-order valence-corrected chi connectivity index (χ0v) is 11.9. The highest BCUT2D eigenvalue weighted by atomic mass is 79.9. The van der Waals surface area contributed by atoms with Gasteiger partial charge in [-0.2, -0.15) is 0 Å². The molecule has 1 aliphatic heterocycles. The minimum absolute atomic E-state index is 0.200. The molecule has 0 aliphatic carbocycles. The van der Waals surface area contributed by atoms with Crippen LogP contribution in [0.5, 0.6) is 5.75 Å². The number of halogens is 1. The highest BCUT2D eigenvalue weighted by Crippen LogP contribution is 2.30. The van der Waals surface area contributed by atoms with E-state index in [2.05, 4.69) is 37.3 Å². The smallest absolute Gasteiger partial charge is 0.123 e. The monoisotopic (exact) mass is 319 g/mol. The first-order valence-electron chi connectivity index (χ1n) is 6.22. The van der Waals surface area contributed by atoms with Crippen LogP contribution in [-0.4, -0.2) is 22.6 Å². The molecule has 1 N–H and O–H groups in total. The minimum atomic E-state index is 0.200. The summed E-state index contributed by atoms with van der Waals surface area (Å²) < 4.78 is 6.99. The highest BCUT2D eigenvalue weighted by molar-refractivity contribution is 9.10. The lowest BCUT2D eigenvalue weighted by molar-refractivity contribution is 0.227. The van der Waals surface area contributed by atoms with E-state index in [0.29, 0.717) is 0 Å². The molecule has 19 heavy (non-hydrogen) atoms. The zero-order chi connectivity index (χ0) is 13.1. The molecule has 0 saturated carbocycles. The average Bonchev–Trinajstić information content (AvgIpc) is 2.82. The van der Waals surface area contributed by atoms with Gasteiger partial charge in [0.1, 0.15) is 18.2 Å². The van der Waals surface area contributed by atoms with Crippen LogP contribution in [0.25, 0.3) is 0 Å². The first-order chi connectivity index (χ1) is 9.31. The van der Waals surface area contributed by atoms with Crippen molar-refractivity contribution in [3.63, 3.8) is 0 Å². The van der Waals surface area contributed by atoms with Gasteiger partial charge in [0.15, 0.2) is 0 Å². The van der Waals surface area contributed by atoms with Crippen LogP contribution < -0.4 is 10.1 Å². The molecular formula is C14H14BrN3O. The van der Waals surface area contributed by atoms with Crippen molar-refractivity contribution in [1.82, 2.24) is 15.3 Å². The maximum Gasteiger partial charge on any atom is 0.123 e. The Morgan fingerprint density at radius 3 is 3.16 bits per heavy atom. The third-order valence-electron chi connectivity index (χ3n) is 3.09. The number of hydrogen-bond donors (Lipinski definition) is 1. The molecule has 0 spiro atoms. The topological polar surface area (TPSA) is 47.0 Å². The van der Waals surface area contributed by atoms with Crippen LogP contribution >= 0.6 is 15.9 Å². The van der Waals surface area contributed by atoms with Gasteiger partial charge in [-0.05, 0) is 29.8 Å². The van der Waals surface area contributed by atoms with E-state index >= 15 is 0 Å². The number of hydrogen-bond acceptors (Lipinski definition) is 4. The Balaban J connectivity index is 1.51. The lowest BCUT2D eigenvalue weighted by Crippen LogP contribution is -2.29. The number of benzene rings is 1. The maximum atomic E-state index is 5.88. The van der Waals surface area contributed by atoms with Gasteiger partial charge in [-0.15, -0.1) is 0 Å². The summed E-state index contributed by atoms with van der Waals surface area (Å²) in [6.45, 7) is 1.55. The third-order valence-corrected chi connectivity index (χ3v) is 3.58. The van der Waals surface area contributed by atoms with Gasteiger partial charge < -0.3 is 10.1 Å².